The molecular formula is C19H17Cl2N3O2S. The summed E-state index contributed by atoms with van der Waals surface area (Å²) in [5.41, 5.74) is 1.68. The molecule has 3 aromatic rings. The third-order valence-corrected chi connectivity index (χ3v) is 5.49. The lowest BCUT2D eigenvalue weighted by molar-refractivity contribution is -0.113. The number of carbonyl (C=O) groups excluding carboxylic acids is 1. The largest absolute Gasteiger partial charge is 0.416 e. The van der Waals surface area contributed by atoms with Gasteiger partial charge in [-0.05, 0) is 23.6 Å². The number of hydrogen-bond donors (Lipinski definition) is 1. The molecule has 0 saturated heterocycles. The van der Waals surface area contributed by atoms with E-state index < -0.39 is 0 Å². The van der Waals surface area contributed by atoms with Crippen molar-refractivity contribution >= 4 is 46.6 Å². The van der Waals surface area contributed by atoms with Gasteiger partial charge in [-0.3, -0.25) is 4.79 Å². The molecule has 0 bridgehead atoms. The van der Waals surface area contributed by atoms with Crippen molar-refractivity contribution in [1.29, 1.82) is 0 Å². The van der Waals surface area contributed by atoms with Crippen molar-refractivity contribution in [3.63, 3.8) is 0 Å². The van der Waals surface area contributed by atoms with Crippen LogP contribution in [0.2, 0.25) is 10.0 Å². The molecule has 0 radical (unpaired) electrons. The van der Waals surface area contributed by atoms with Crippen molar-refractivity contribution in [2.75, 3.05) is 11.1 Å². The summed E-state index contributed by atoms with van der Waals surface area (Å²) in [6.45, 7) is 2.11. The average molecular weight is 422 g/mol. The first-order chi connectivity index (χ1) is 13.0. The van der Waals surface area contributed by atoms with E-state index in [2.05, 4.69) is 34.6 Å². The van der Waals surface area contributed by atoms with E-state index in [0.717, 1.165) is 0 Å². The van der Waals surface area contributed by atoms with E-state index in [-0.39, 0.29) is 17.6 Å². The first-order valence-corrected chi connectivity index (χ1v) is 10.0. The van der Waals surface area contributed by atoms with Gasteiger partial charge in [0.1, 0.15) is 0 Å². The zero-order chi connectivity index (χ0) is 19.2. The molecule has 3 rings (SSSR count). The number of hydrogen-bond acceptors (Lipinski definition) is 5. The first kappa shape index (κ1) is 19.7. The maximum Gasteiger partial charge on any atom is 0.277 e. The Morgan fingerprint density at radius 1 is 1.15 bits per heavy atom. The van der Waals surface area contributed by atoms with Gasteiger partial charge in [-0.1, -0.05) is 78.3 Å². The fourth-order valence-electron chi connectivity index (χ4n) is 2.45. The number of rotatable bonds is 7. The average Bonchev–Trinajstić information content (AvgIpc) is 3.12. The van der Waals surface area contributed by atoms with Crippen LogP contribution >= 0.6 is 35.0 Å². The van der Waals surface area contributed by atoms with Crippen molar-refractivity contribution in [3.05, 3.63) is 70.0 Å². The minimum absolute atomic E-state index is 0.124. The van der Waals surface area contributed by atoms with Gasteiger partial charge in [-0.2, -0.15) is 0 Å². The summed E-state index contributed by atoms with van der Waals surface area (Å²) in [6, 6.07) is 15.2. The number of carbonyl (C=O) groups is 1. The van der Waals surface area contributed by atoms with E-state index in [0.29, 0.717) is 33.3 Å². The monoisotopic (exact) mass is 421 g/mol. The van der Waals surface area contributed by atoms with Crippen LogP contribution in [0.1, 0.15) is 24.3 Å². The van der Waals surface area contributed by atoms with Crippen molar-refractivity contribution in [2.24, 2.45) is 0 Å². The van der Waals surface area contributed by atoms with Gasteiger partial charge >= 0.3 is 0 Å². The Hall–Kier alpha value is -2.02. The summed E-state index contributed by atoms with van der Waals surface area (Å²) in [7, 11) is 0. The third-order valence-electron chi connectivity index (χ3n) is 3.85. The van der Waals surface area contributed by atoms with Crippen LogP contribution < -0.4 is 5.32 Å². The molecule has 1 atom stereocenters. The van der Waals surface area contributed by atoms with Crippen LogP contribution in [0.3, 0.4) is 0 Å². The highest BCUT2D eigenvalue weighted by molar-refractivity contribution is 7.99. The molecule has 140 valence electrons. The summed E-state index contributed by atoms with van der Waals surface area (Å²) < 4.78 is 5.63. The van der Waals surface area contributed by atoms with Crippen LogP contribution in [0.4, 0.5) is 5.69 Å². The number of anilines is 1. The Labute approximate surface area is 171 Å². The van der Waals surface area contributed by atoms with Gasteiger partial charge in [-0.15, -0.1) is 10.2 Å². The standard InChI is InChI=1S/C19H17Cl2N3O2S/c1-12(13-6-3-2-4-7-13)10-17-23-24-19(26-17)27-11-16(25)22-15-9-5-8-14(20)18(15)21/h2-9,12H,10-11H2,1H3,(H,22,25). The molecule has 8 heteroatoms. The normalized spacial score (nSPS) is 12.0. The summed E-state index contributed by atoms with van der Waals surface area (Å²) >= 11 is 13.2. The van der Waals surface area contributed by atoms with Crippen LogP contribution in [-0.2, 0) is 11.2 Å². The molecule has 0 fully saturated rings. The second kappa shape index (κ2) is 9.26. The van der Waals surface area contributed by atoms with Crippen LogP contribution in [0.15, 0.2) is 58.2 Å². The minimum atomic E-state index is -0.235. The van der Waals surface area contributed by atoms with Crippen molar-refractivity contribution in [3.8, 4) is 0 Å². The topological polar surface area (TPSA) is 68.0 Å². The maximum absolute atomic E-state index is 12.1. The van der Waals surface area contributed by atoms with E-state index in [9.17, 15) is 4.79 Å². The second-order valence-corrected chi connectivity index (χ2v) is 7.63. The molecule has 0 aliphatic heterocycles. The van der Waals surface area contributed by atoms with Crippen LogP contribution in [0, 0.1) is 0 Å². The molecule has 1 heterocycles. The Bertz CT molecular complexity index is 918. The van der Waals surface area contributed by atoms with Gasteiger partial charge in [0, 0.05) is 6.42 Å². The molecule has 1 unspecified atom stereocenters. The summed E-state index contributed by atoms with van der Waals surface area (Å²) in [4.78, 5) is 12.1. The molecular weight excluding hydrogens is 405 g/mol. The van der Waals surface area contributed by atoms with Gasteiger partial charge in [-0.25, -0.2) is 0 Å². The van der Waals surface area contributed by atoms with Gasteiger partial charge in [0.2, 0.25) is 11.8 Å². The molecule has 2 aromatic carbocycles. The quantitative estimate of drug-likeness (QED) is 0.513. The molecule has 5 nitrogen and oxygen atoms in total. The maximum atomic E-state index is 12.1. The molecule has 0 aliphatic rings. The molecule has 0 aliphatic carbocycles. The fraction of sp³-hybridized carbons (Fsp3) is 0.211. The predicted octanol–water partition coefficient (Wildman–Crippen LogP) is 5.45. The number of nitrogens with one attached hydrogen (secondary N) is 1. The number of nitrogens with zero attached hydrogens (tertiary/aromatic N) is 2. The van der Waals surface area contributed by atoms with Crippen LogP contribution in [-0.4, -0.2) is 21.9 Å². The number of amides is 1. The molecule has 27 heavy (non-hydrogen) atoms. The van der Waals surface area contributed by atoms with E-state index >= 15 is 0 Å². The zero-order valence-electron chi connectivity index (χ0n) is 14.5. The summed E-state index contributed by atoms with van der Waals surface area (Å²) in [6.07, 6.45) is 0.641. The van der Waals surface area contributed by atoms with E-state index in [4.69, 9.17) is 27.6 Å². The number of benzene rings is 2. The summed E-state index contributed by atoms with van der Waals surface area (Å²) in [5, 5.41) is 11.8. The molecule has 1 N–H and O–H groups in total. The van der Waals surface area contributed by atoms with Gasteiger partial charge in [0.05, 0.1) is 21.5 Å². The molecule has 0 saturated carbocycles. The Kier molecular flexibility index (Phi) is 6.77. The van der Waals surface area contributed by atoms with E-state index in [1.165, 1.54) is 17.3 Å². The lowest BCUT2D eigenvalue weighted by Gasteiger charge is -2.08. The van der Waals surface area contributed by atoms with Crippen molar-refractivity contribution < 1.29 is 9.21 Å². The fourth-order valence-corrected chi connectivity index (χ4v) is 3.38. The molecule has 0 spiro atoms. The van der Waals surface area contributed by atoms with Crippen molar-refractivity contribution in [2.45, 2.75) is 24.5 Å². The Balaban J connectivity index is 1.52. The molecule has 1 amide bonds. The number of aromatic nitrogens is 2. The number of thioether (sulfide) groups is 1. The van der Waals surface area contributed by atoms with Crippen molar-refractivity contribution in [1.82, 2.24) is 10.2 Å². The minimum Gasteiger partial charge on any atom is -0.416 e. The SMILES string of the molecule is CC(Cc1nnc(SCC(=O)Nc2cccc(Cl)c2Cl)o1)c1ccccc1. The van der Waals surface area contributed by atoms with Gasteiger partial charge < -0.3 is 9.73 Å². The van der Waals surface area contributed by atoms with Crippen LogP contribution in [0.5, 0.6) is 0 Å². The highest BCUT2D eigenvalue weighted by Crippen LogP contribution is 2.30. The first-order valence-electron chi connectivity index (χ1n) is 8.27. The zero-order valence-corrected chi connectivity index (χ0v) is 16.8. The van der Waals surface area contributed by atoms with Gasteiger partial charge in [0.15, 0.2) is 0 Å². The molecule has 1 aromatic heterocycles. The summed E-state index contributed by atoms with van der Waals surface area (Å²) in [5.74, 6) is 0.699. The predicted molar refractivity (Wildman–Crippen MR) is 109 cm³/mol. The lowest BCUT2D eigenvalue weighted by atomic mass is 9.98. The van der Waals surface area contributed by atoms with E-state index in [1.54, 1.807) is 18.2 Å². The van der Waals surface area contributed by atoms with E-state index in [1.807, 2.05) is 18.2 Å². The van der Waals surface area contributed by atoms with Gasteiger partial charge in [0.25, 0.3) is 5.22 Å². The Morgan fingerprint density at radius 3 is 2.70 bits per heavy atom. The lowest BCUT2D eigenvalue weighted by Crippen LogP contribution is -2.14. The second-order valence-electron chi connectivity index (χ2n) is 5.92. The number of halogens is 2. The highest BCUT2D eigenvalue weighted by Gasteiger charge is 2.14. The Morgan fingerprint density at radius 2 is 1.93 bits per heavy atom. The van der Waals surface area contributed by atoms with Crippen LogP contribution in [0.25, 0.3) is 0 Å². The smallest absolute Gasteiger partial charge is 0.277 e. The highest BCUT2D eigenvalue weighted by atomic mass is 35.5. The third kappa shape index (κ3) is 5.48.